The van der Waals surface area contributed by atoms with E-state index in [-0.39, 0.29) is 24.7 Å². The standard InChI is InChI=1S/C12H14O6/c1-4-10(15)17-12(8-14,6-5-7-13)18-11(16)9(2)3/h4,7-8H,1-2,5-6H2,3H3. The van der Waals surface area contributed by atoms with Crippen molar-refractivity contribution in [3.05, 3.63) is 24.8 Å². The van der Waals surface area contributed by atoms with E-state index in [4.69, 9.17) is 9.47 Å². The van der Waals surface area contributed by atoms with Gasteiger partial charge in [0.2, 0.25) is 6.29 Å². The van der Waals surface area contributed by atoms with Crippen LogP contribution in [0.2, 0.25) is 0 Å². The number of ether oxygens (including phenoxy) is 2. The number of hydrogen-bond donors (Lipinski definition) is 0. The molecule has 0 heterocycles. The highest BCUT2D eigenvalue weighted by Crippen LogP contribution is 2.19. The second-order valence-electron chi connectivity index (χ2n) is 3.43. The molecule has 0 bridgehead atoms. The van der Waals surface area contributed by atoms with Crippen LogP contribution in [0.5, 0.6) is 0 Å². The fourth-order valence-electron chi connectivity index (χ4n) is 0.946. The highest BCUT2D eigenvalue weighted by atomic mass is 16.7. The molecule has 0 saturated carbocycles. The van der Waals surface area contributed by atoms with Crippen molar-refractivity contribution >= 4 is 24.5 Å². The molecule has 0 amide bonds. The number of rotatable bonds is 8. The third-order valence-corrected chi connectivity index (χ3v) is 1.84. The molecule has 6 heteroatoms. The van der Waals surface area contributed by atoms with Crippen molar-refractivity contribution < 1.29 is 28.7 Å². The zero-order chi connectivity index (χ0) is 14.2. The van der Waals surface area contributed by atoms with Gasteiger partial charge in [0.25, 0.3) is 0 Å². The summed E-state index contributed by atoms with van der Waals surface area (Å²) < 4.78 is 9.46. The van der Waals surface area contributed by atoms with Gasteiger partial charge in [0.15, 0.2) is 0 Å². The molecule has 6 nitrogen and oxygen atoms in total. The molecular weight excluding hydrogens is 240 g/mol. The first-order valence-electron chi connectivity index (χ1n) is 5.05. The summed E-state index contributed by atoms with van der Waals surface area (Å²) in [6.07, 6.45) is 1.09. The molecule has 1 atom stereocenters. The van der Waals surface area contributed by atoms with Gasteiger partial charge in [-0.1, -0.05) is 13.2 Å². The lowest BCUT2D eigenvalue weighted by Gasteiger charge is -2.26. The number of aldehydes is 2. The van der Waals surface area contributed by atoms with Crippen LogP contribution in [0.25, 0.3) is 0 Å². The quantitative estimate of drug-likeness (QED) is 0.274. The van der Waals surface area contributed by atoms with Crippen molar-refractivity contribution in [1.29, 1.82) is 0 Å². The average molecular weight is 254 g/mol. The summed E-state index contributed by atoms with van der Waals surface area (Å²) in [5.74, 6) is -3.96. The van der Waals surface area contributed by atoms with Crippen LogP contribution in [0.15, 0.2) is 24.8 Å². The lowest BCUT2D eigenvalue weighted by molar-refractivity contribution is -0.216. The first-order valence-corrected chi connectivity index (χ1v) is 5.05. The van der Waals surface area contributed by atoms with Gasteiger partial charge in [0, 0.05) is 24.5 Å². The molecule has 0 aromatic carbocycles. The Kier molecular flexibility index (Phi) is 6.27. The van der Waals surface area contributed by atoms with Gasteiger partial charge in [-0.2, -0.15) is 0 Å². The van der Waals surface area contributed by atoms with E-state index in [1.165, 1.54) is 6.92 Å². The van der Waals surface area contributed by atoms with Gasteiger partial charge >= 0.3 is 17.7 Å². The predicted molar refractivity (Wildman–Crippen MR) is 61.3 cm³/mol. The molecule has 0 aliphatic carbocycles. The van der Waals surface area contributed by atoms with Crippen LogP contribution in [-0.4, -0.2) is 30.3 Å². The Bertz CT molecular complexity index is 384. The van der Waals surface area contributed by atoms with Crippen LogP contribution in [0.3, 0.4) is 0 Å². The smallest absolute Gasteiger partial charge is 0.336 e. The first-order chi connectivity index (χ1) is 8.40. The number of carbonyl (C=O) groups excluding carboxylic acids is 4. The predicted octanol–water partition coefficient (Wildman–Crippen LogP) is 0.709. The van der Waals surface area contributed by atoms with Crippen molar-refractivity contribution in [1.82, 2.24) is 0 Å². The molecule has 0 radical (unpaired) electrons. The number of carbonyl (C=O) groups is 4. The molecule has 0 spiro atoms. The topological polar surface area (TPSA) is 86.7 Å². The minimum atomic E-state index is -2.12. The Hall–Kier alpha value is -2.24. The molecule has 0 aliphatic rings. The molecule has 0 aliphatic heterocycles. The summed E-state index contributed by atoms with van der Waals surface area (Å²) in [5.41, 5.74) is 0.0296. The molecule has 0 saturated heterocycles. The van der Waals surface area contributed by atoms with Crippen molar-refractivity contribution in [3.8, 4) is 0 Å². The van der Waals surface area contributed by atoms with E-state index >= 15 is 0 Å². The maximum Gasteiger partial charge on any atom is 0.336 e. The Morgan fingerprint density at radius 1 is 1.28 bits per heavy atom. The summed E-state index contributed by atoms with van der Waals surface area (Å²) >= 11 is 0. The molecule has 0 rings (SSSR count). The van der Waals surface area contributed by atoms with Gasteiger partial charge in [-0.3, -0.25) is 4.79 Å². The average Bonchev–Trinajstić information content (AvgIpc) is 2.35. The molecule has 18 heavy (non-hydrogen) atoms. The monoisotopic (exact) mass is 254 g/mol. The van der Waals surface area contributed by atoms with Gasteiger partial charge in [0.05, 0.1) is 0 Å². The number of hydrogen-bond acceptors (Lipinski definition) is 6. The SMILES string of the molecule is C=CC(=O)OC(C=O)(CCC=O)OC(=O)C(=C)C. The van der Waals surface area contributed by atoms with Gasteiger partial charge in [0.1, 0.15) is 6.29 Å². The van der Waals surface area contributed by atoms with E-state index in [0.717, 1.165) is 6.08 Å². The van der Waals surface area contributed by atoms with Crippen LogP contribution in [0.4, 0.5) is 0 Å². The third-order valence-electron chi connectivity index (χ3n) is 1.84. The minimum Gasteiger partial charge on any atom is -0.412 e. The van der Waals surface area contributed by atoms with Crippen LogP contribution in [0, 0.1) is 0 Å². The molecule has 0 fully saturated rings. The van der Waals surface area contributed by atoms with Crippen molar-refractivity contribution in [2.24, 2.45) is 0 Å². The normalized spacial score (nSPS) is 12.7. The Morgan fingerprint density at radius 3 is 2.28 bits per heavy atom. The molecule has 0 N–H and O–H groups in total. The summed E-state index contributed by atoms with van der Waals surface area (Å²) in [6, 6.07) is 0. The first kappa shape index (κ1) is 15.8. The second-order valence-corrected chi connectivity index (χ2v) is 3.43. The van der Waals surface area contributed by atoms with Crippen molar-refractivity contribution in [2.45, 2.75) is 25.6 Å². The lowest BCUT2D eigenvalue weighted by Crippen LogP contribution is -2.41. The second kappa shape index (κ2) is 7.16. The summed E-state index contributed by atoms with van der Waals surface area (Å²) in [4.78, 5) is 43.8. The fourth-order valence-corrected chi connectivity index (χ4v) is 0.946. The van der Waals surface area contributed by atoms with E-state index in [1.54, 1.807) is 0 Å². The van der Waals surface area contributed by atoms with Gasteiger partial charge in [-0.25, -0.2) is 9.59 Å². The lowest BCUT2D eigenvalue weighted by atomic mass is 10.1. The molecule has 98 valence electrons. The highest BCUT2D eigenvalue weighted by Gasteiger charge is 2.38. The van der Waals surface area contributed by atoms with Gasteiger partial charge in [-0.15, -0.1) is 0 Å². The van der Waals surface area contributed by atoms with Crippen LogP contribution in [-0.2, 0) is 28.7 Å². The zero-order valence-electron chi connectivity index (χ0n) is 10.0. The van der Waals surface area contributed by atoms with Crippen LogP contribution < -0.4 is 0 Å². The fraction of sp³-hybridized carbons (Fsp3) is 0.333. The van der Waals surface area contributed by atoms with Crippen molar-refractivity contribution in [3.63, 3.8) is 0 Å². The summed E-state index contributed by atoms with van der Waals surface area (Å²) in [6.45, 7) is 7.86. The maximum atomic E-state index is 11.4. The van der Waals surface area contributed by atoms with Crippen LogP contribution >= 0.6 is 0 Å². The number of esters is 2. The molecular formula is C12H14O6. The Balaban J connectivity index is 5.07. The van der Waals surface area contributed by atoms with E-state index < -0.39 is 17.7 Å². The molecule has 0 aromatic heterocycles. The van der Waals surface area contributed by atoms with E-state index in [9.17, 15) is 19.2 Å². The van der Waals surface area contributed by atoms with Gasteiger partial charge in [-0.05, 0) is 6.92 Å². The summed E-state index contributed by atoms with van der Waals surface area (Å²) in [7, 11) is 0. The highest BCUT2D eigenvalue weighted by molar-refractivity contribution is 5.89. The Labute approximate surface area is 104 Å². The minimum absolute atomic E-state index is 0.0296. The van der Waals surface area contributed by atoms with Crippen molar-refractivity contribution in [2.75, 3.05) is 0 Å². The summed E-state index contributed by atoms with van der Waals surface area (Å²) in [5, 5.41) is 0. The zero-order valence-corrected chi connectivity index (χ0v) is 10.0. The van der Waals surface area contributed by atoms with Gasteiger partial charge < -0.3 is 14.3 Å². The van der Waals surface area contributed by atoms with E-state index in [1.807, 2.05) is 0 Å². The van der Waals surface area contributed by atoms with E-state index in [0.29, 0.717) is 6.29 Å². The largest absolute Gasteiger partial charge is 0.412 e. The molecule has 1 unspecified atom stereocenters. The maximum absolute atomic E-state index is 11.4. The Morgan fingerprint density at radius 2 is 1.89 bits per heavy atom. The van der Waals surface area contributed by atoms with E-state index in [2.05, 4.69) is 13.2 Å². The molecule has 0 aromatic rings. The van der Waals surface area contributed by atoms with Crippen LogP contribution in [0.1, 0.15) is 19.8 Å². The third kappa shape index (κ3) is 4.73.